The van der Waals surface area contributed by atoms with Gasteiger partial charge in [-0.2, -0.15) is 0 Å². The lowest BCUT2D eigenvalue weighted by Crippen LogP contribution is -2.04. The highest BCUT2D eigenvalue weighted by molar-refractivity contribution is 6.17. The molecule has 0 aliphatic carbocycles. The van der Waals surface area contributed by atoms with E-state index >= 15 is 0 Å². The zero-order valence-corrected chi connectivity index (χ0v) is 16.5. The van der Waals surface area contributed by atoms with E-state index in [1.807, 2.05) is 39.8 Å². The topological polar surface area (TPSA) is 59.7 Å². The number of hydrogen-bond donors (Lipinski definition) is 1. The fourth-order valence-corrected chi connectivity index (χ4v) is 2.96. The lowest BCUT2D eigenvalue weighted by Gasteiger charge is -2.10. The second-order valence-electron chi connectivity index (χ2n) is 6.09. The summed E-state index contributed by atoms with van der Waals surface area (Å²) in [5.74, 6) is 1.11. The van der Waals surface area contributed by atoms with Gasteiger partial charge in [-0.05, 0) is 62.6 Å². The Balaban J connectivity index is 0.00000117. The fourth-order valence-electron chi connectivity index (χ4n) is 2.96. The lowest BCUT2D eigenvalue weighted by molar-refractivity contribution is 0.103. The van der Waals surface area contributed by atoms with E-state index in [2.05, 4.69) is 0 Å². The number of phenolic OH excluding ortho intramolecular Hbond substituents is 1. The monoisotopic (exact) mass is 354 g/mol. The molecule has 3 rings (SSSR count). The third-order valence-electron chi connectivity index (χ3n) is 4.54. The highest BCUT2D eigenvalue weighted by Crippen LogP contribution is 2.36. The standard InChI is InChI=1S/C20H20O4.C2H6/c1-10-6-7-15-17(13(4)24-20(15)18(10)21)19(22)14-8-11(2)12(3)16(9-14)23-5;1-2/h6-9,21H,1-5H3;1-2H3. The van der Waals surface area contributed by atoms with E-state index in [1.165, 1.54) is 0 Å². The minimum atomic E-state index is -0.143. The molecule has 1 aromatic heterocycles. The molecule has 0 unspecified atom stereocenters. The van der Waals surface area contributed by atoms with Crippen molar-refractivity contribution in [3.05, 3.63) is 57.8 Å². The molecule has 0 spiro atoms. The van der Waals surface area contributed by atoms with Crippen LogP contribution in [0.1, 0.15) is 52.2 Å². The number of ketones is 1. The van der Waals surface area contributed by atoms with Gasteiger partial charge in [0.25, 0.3) is 0 Å². The Bertz CT molecular complexity index is 964. The van der Waals surface area contributed by atoms with Crippen LogP contribution in [-0.4, -0.2) is 18.0 Å². The van der Waals surface area contributed by atoms with Crippen molar-refractivity contribution in [2.24, 2.45) is 0 Å². The number of ether oxygens (including phenoxy) is 1. The average Bonchev–Trinajstić information content (AvgIpc) is 2.98. The summed E-state index contributed by atoms with van der Waals surface area (Å²) in [7, 11) is 1.59. The van der Waals surface area contributed by atoms with Gasteiger partial charge in [0, 0.05) is 10.9 Å². The molecule has 0 amide bonds. The molecule has 0 fully saturated rings. The van der Waals surface area contributed by atoms with Crippen molar-refractivity contribution in [2.45, 2.75) is 41.5 Å². The maximum absolute atomic E-state index is 13.1. The minimum Gasteiger partial charge on any atom is -0.504 e. The number of carbonyl (C=O) groups is 1. The van der Waals surface area contributed by atoms with Crippen LogP contribution in [0.4, 0.5) is 0 Å². The van der Waals surface area contributed by atoms with Crippen LogP contribution in [0.25, 0.3) is 11.0 Å². The zero-order chi connectivity index (χ0) is 19.6. The molecule has 0 saturated heterocycles. The van der Waals surface area contributed by atoms with Crippen LogP contribution in [-0.2, 0) is 0 Å². The number of furan rings is 1. The Kier molecular flexibility index (Phi) is 5.76. The van der Waals surface area contributed by atoms with Crippen molar-refractivity contribution in [1.82, 2.24) is 0 Å². The van der Waals surface area contributed by atoms with Gasteiger partial charge in [-0.3, -0.25) is 4.79 Å². The number of methoxy groups -OCH3 is 1. The van der Waals surface area contributed by atoms with Gasteiger partial charge in [0.15, 0.2) is 17.1 Å². The van der Waals surface area contributed by atoms with E-state index in [1.54, 1.807) is 33.1 Å². The summed E-state index contributed by atoms with van der Waals surface area (Å²) in [5.41, 5.74) is 4.08. The summed E-state index contributed by atoms with van der Waals surface area (Å²) in [6.07, 6.45) is 0. The molecule has 138 valence electrons. The van der Waals surface area contributed by atoms with Gasteiger partial charge in [0.2, 0.25) is 0 Å². The Labute approximate surface area is 154 Å². The molecule has 1 N–H and O–H groups in total. The summed E-state index contributed by atoms with van der Waals surface area (Å²) in [4.78, 5) is 13.1. The average molecular weight is 354 g/mol. The lowest BCUT2D eigenvalue weighted by atomic mass is 9.96. The van der Waals surface area contributed by atoms with Crippen LogP contribution < -0.4 is 4.74 Å². The van der Waals surface area contributed by atoms with E-state index in [4.69, 9.17) is 9.15 Å². The number of aromatic hydroxyl groups is 1. The molecular weight excluding hydrogens is 328 g/mol. The van der Waals surface area contributed by atoms with E-state index in [0.29, 0.717) is 39.2 Å². The van der Waals surface area contributed by atoms with Gasteiger partial charge < -0.3 is 14.3 Å². The molecule has 0 atom stereocenters. The van der Waals surface area contributed by atoms with Gasteiger partial charge in [-0.15, -0.1) is 0 Å². The maximum Gasteiger partial charge on any atom is 0.197 e. The van der Waals surface area contributed by atoms with Crippen LogP contribution in [0, 0.1) is 27.7 Å². The first-order chi connectivity index (χ1) is 12.3. The molecule has 4 nitrogen and oxygen atoms in total. The second kappa shape index (κ2) is 7.65. The van der Waals surface area contributed by atoms with E-state index in [-0.39, 0.29) is 11.5 Å². The highest BCUT2D eigenvalue weighted by atomic mass is 16.5. The normalized spacial score (nSPS) is 10.4. The summed E-state index contributed by atoms with van der Waals surface area (Å²) in [6, 6.07) is 7.19. The number of phenols is 1. The maximum atomic E-state index is 13.1. The third kappa shape index (κ3) is 3.19. The Hall–Kier alpha value is -2.75. The van der Waals surface area contributed by atoms with Crippen molar-refractivity contribution >= 4 is 16.8 Å². The SMILES string of the molecule is CC.COc1cc(C(=O)c2c(C)oc3c(O)c(C)ccc23)cc(C)c1C. The minimum absolute atomic E-state index is 0.0762. The van der Waals surface area contributed by atoms with Crippen LogP contribution >= 0.6 is 0 Å². The predicted molar refractivity (Wildman–Crippen MR) is 105 cm³/mol. The van der Waals surface area contributed by atoms with E-state index in [9.17, 15) is 9.90 Å². The molecular formula is C22H26O4. The van der Waals surface area contributed by atoms with E-state index < -0.39 is 0 Å². The smallest absolute Gasteiger partial charge is 0.197 e. The first kappa shape index (κ1) is 19.6. The zero-order valence-electron chi connectivity index (χ0n) is 16.5. The third-order valence-corrected chi connectivity index (χ3v) is 4.54. The number of benzene rings is 2. The Morgan fingerprint density at radius 2 is 1.69 bits per heavy atom. The Morgan fingerprint density at radius 3 is 2.31 bits per heavy atom. The van der Waals surface area contributed by atoms with Crippen LogP contribution in [0.5, 0.6) is 11.5 Å². The van der Waals surface area contributed by atoms with E-state index in [0.717, 1.165) is 11.1 Å². The number of fused-ring (bicyclic) bond motifs is 1. The van der Waals surface area contributed by atoms with Crippen molar-refractivity contribution in [1.29, 1.82) is 0 Å². The number of carbonyl (C=O) groups excluding carboxylic acids is 1. The van der Waals surface area contributed by atoms with Gasteiger partial charge in [0.1, 0.15) is 11.5 Å². The molecule has 3 aromatic rings. The van der Waals surface area contributed by atoms with Crippen molar-refractivity contribution in [2.75, 3.05) is 7.11 Å². The van der Waals surface area contributed by atoms with Gasteiger partial charge in [-0.25, -0.2) is 0 Å². The van der Waals surface area contributed by atoms with Crippen LogP contribution in [0.15, 0.2) is 28.7 Å². The number of rotatable bonds is 3. The number of aryl methyl sites for hydroxylation is 3. The van der Waals surface area contributed by atoms with Crippen molar-refractivity contribution in [3.8, 4) is 11.5 Å². The molecule has 26 heavy (non-hydrogen) atoms. The predicted octanol–water partition coefficient (Wildman–Crippen LogP) is 5.64. The highest BCUT2D eigenvalue weighted by Gasteiger charge is 2.23. The molecule has 2 aromatic carbocycles. The fraction of sp³-hybridized carbons (Fsp3) is 0.318. The molecule has 4 heteroatoms. The second-order valence-corrected chi connectivity index (χ2v) is 6.09. The van der Waals surface area contributed by atoms with Crippen LogP contribution in [0.3, 0.4) is 0 Å². The van der Waals surface area contributed by atoms with Crippen molar-refractivity contribution < 1.29 is 19.1 Å². The molecule has 0 aliphatic rings. The number of hydrogen-bond acceptors (Lipinski definition) is 4. The van der Waals surface area contributed by atoms with Crippen LogP contribution in [0.2, 0.25) is 0 Å². The summed E-state index contributed by atoms with van der Waals surface area (Å²) >= 11 is 0. The molecule has 0 saturated carbocycles. The summed E-state index contributed by atoms with van der Waals surface area (Å²) in [6.45, 7) is 11.4. The summed E-state index contributed by atoms with van der Waals surface area (Å²) < 4.78 is 11.0. The largest absolute Gasteiger partial charge is 0.504 e. The summed E-state index contributed by atoms with van der Waals surface area (Å²) in [5, 5.41) is 10.8. The molecule has 0 aliphatic heterocycles. The van der Waals surface area contributed by atoms with Gasteiger partial charge >= 0.3 is 0 Å². The van der Waals surface area contributed by atoms with Crippen molar-refractivity contribution in [3.63, 3.8) is 0 Å². The first-order valence-electron chi connectivity index (χ1n) is 8.76. The molecule has 0 bridgehead atoms. The molecule has 1 heterocycles. The Morgan fingerprint density at radius 1 is 1.04 bits per heavy atom. The first-order valence-corrected chi connectivity index (χ1v) is 8.76. The molecule has 0 radical (unpaired) electrons. The van der Waals surface area contributed by atoms with Gasteiger partial charge in [0.05, 0.1) is 12.7 Å². The van der Waals surface area contributed by atoms with Gasteiger partial charge in [-0.1, -0.05) is 19.9 Å². The quantitative estimate of drug-likeness (QED) is 0.619.